The van der Waals surface area contributed by atoms with Gasteiger partial charge in [-0.2, -0.15) is 0 Å². The Hall–Kier alpha value is -2.47. The van der Waals surface area contributed by atoms with E-state index in [2.05, 4.69) is 44.3 Å². The van der Waals surface area contributed by atoms with E-state index in [0.29, 0.717) is 17.1 Å². The molecule has 0 radical (unpaired) electrons. The van der Waals surface area contributed by atoms with Crippen LogP contribution in [0, 0.1) is 13.8 Å². The number of nitrogens with zero attached hydrogens (tertiary/aromatic N) is 4. The third kappa shape index (κ3) is 3.71. The monoisotopic (exact) mass is 325 g/mol. The lowest BCUT2D eigenvalue weighted by molar-refractivity contribution is 0.102. The predicted octanol–water partition coefficient (Wildman–Crippen LogP) is 2.10. The number of piperazine rings is 1. The highest BCUT2D eigenvalue weighted by molar-refractivity contribution is 6.04. The summed E-state index contributed by atoms with van der Waals surface area (Å²) in [5, 5.41) is 2.91. The van der Waals surface area contributed by atoms with Crippen LogP contribution in [0.2, 0.25) is 0 Å². The van der Waals surface area contributed by atoms with E-state index in [1.54, 1.807) is 6.20 Å². The van der Waals surface area contributed by atoms with Gasteiger partial charge in [-0.3, -0.25) is 4.79 Å². The molecular formula is C18H23N5O. The van der Waals surface area contributed by atoms with E-state index in [4.69, 9.17) is 0 Å². The lowest BCUT2D eigenvalue weighted by atomic mass is 10.2. The molecule has 1 aliphatic heterocycles. The second-order valence-electron chi connectivity index (χ2n) is 6.21. The minimum atomic E-state index is -0.181. The summed E-state index contributed by atoms with van der Waals surface area (Å²) in [5.41, 5.74) is 3.16. The normalized spacial score (nSPS) is 15.4. The highest BCUT2D eigenvalue weighted by Gasteiger charge is 2.15. The van der Waals surface area contributed by atoms with Gasteiger partial charge in [-0.25, -0.2) is 9.97 Å². The van der Waals surface area contributed by atoms with Gasteiger partial charge >= 0.3 is 0 Å². The Kier molecular flexibility index (Phi) is 4.76. The maximum Gasteiger partial charge on any atom is 0.259 e. The van der Waals surface area contributed by atoms with Gasteiger partial charge in [0.15, 0.2) is 0 Å². The zero-order valence-electron chi connectivity index (χ0n) is 14.4. The first-order valence-corrected chi connectivity index (χ1v) is 8.18. The quantitative estimate of drug-likeness (QED) is 0.936. The number of hydrogen-bond donors (Lipinski definition) is 1. The molecule has 6 nitrogen and oxygen atoms in total. The molecule has 126 valence electrons. The van der Waals surface area contributed by atoms with Crippen LogP contribution in [0.25, 0.3) is 0 Å². The smallest absolute Gasteiger partial charge is 0.259 e. The summed E-state index contributed by atoms with van der Waals surface area (Å²) in [6, 6.07) is 7.99. The summed E-state index contributed by atoms with van der Waals surface area (Å²) < 4.78 is 0. The summed E-state index contributed by atoms with van der Waals surface area (Å²) >= 11 is 0. The summed E-state index contributed by atoms with van der Waals surface area (Å²) in [7, 11) is 2.15. The molecule has 0 aliphatic carbocycles. The van der Waals surface area contributed by atoms with E-state index in [-0.39, 0.29) is 5.91 Å². The second-order valence-corrected chi connectivity index (χ2v) is 6.21. The molecule has 2 aromatic rings. The van der Waals surface area contributed by atoms with Crippen LogP contribution in [0.15, 0.2) is 30.5 Å². The number of likely N-dealkylation sites (N-methyl/N-ethyl adjacent to an activating group) is 1. The summed E-state index contributed by atoms with van der Waals surface area (Å²) in [4.78, 5) is 25.4. The fraction of sp³-hybridized carbons (Fsp3) is 0.389. The molecule has 0 saturated carbocycles. The van der Waals surface area contributed by atoms with Gasteiger partial charge in [0.1, 0.15) is 5.82 Å². The van der Waals surface area contributed by atoms with Gasteiger partial charge in [-0.05, 0) is 45.2 Å². The number of anilines is 2. The highest BCUT2D eigenvalue weighted by atomic mass is 16.1. The van der Waals surface area contributed by atoms with Crippen molar-refractivity contribution in [1.82, 2.24) is 14.9 Å². The third-order valence-corrected chi connectivity index (χ3v) is 4.34. The Morgan fingerprint density at radius 1 is 1.08 bits per heavy atom. The van der Waals surface area contributed by atoms with Gasteiger partial charge in [-0.15, -0.1) is 0 Å². The molecule has 1 saturated heterocycles. The van der Waals surface area contributed by atoms with E-state index in [0.717, 1.165) is 31.9 Å². The van der Waals surface area contributed by atoms with Gasteiger partial charge in [0, 0.05) is 43.8 Å². The molecular weight excluding hydrogens is 302 g/mol. The number of nitrogens with one attached hydrogen (secondary N) is 1. The Morgan fingerprint density at radius 3 is 2.38 bits per heavy atom. The molecule has 0 unspecified atom stereocenters. The van der Waals surface area contributed by atoms with Crippen LogP contribution in [-0.2, 0) is 0 Å². The lowest BCUT2D eigenvalue weighted by Gasteiger charge is -2.34. The zero-order valence-corrected chi connectivity index (χ0v) is 14.4. The zero-order chi connectivity index (χ0) is 17.1. The molecule has 1 aromatic heterocycles. The first kappa shape index (κ1) is 16.4. The molecule has 3 rings (SSSR count). The summed E-state index contributed by atoms with van der Waals surface area (Å²) in [5.74, 6) is 0.487. The van der Waals surface area contributed by atoms with Crippen LogP contribution in [0.5, 0.6) is 0 Å². The largest absolute Gasteiger partial charge is 0.369 e. The van der Waals surface area contributed by atoms with Crippen molar-refractivity contribution in [3.8, 4) is 0 Å². The Balaban J connectivity index is 1.66. The van der Waals surface area contributed by atoms with Crippen molar-refractivity contribution in [2.24, 2.45) is 0 Å². The van der Waals surface area contributed by atoms with E-state index in [1.165, 1.54) is 5.69 Å². The Labute approximate surface area is 142 Å². The van der Waals surface area contributed by atoms with Crippen molar-refractivity contribution in [3.63, 3.8) is 0 Å². The molecule has 1 aromatic carbocycles. The van der Waals surface area contributed by atoms with Gasteiger partial charge in [0.2, 0.25) is 0 Å². The second kappa shape index (κ2) is 6.97. The van der Waals surface area contributed by atoms with Crippen molar-refractivity contribution in [3.05, 3.63) is 47.5 Å². The topological polar surface area (TPSA) is 61.4 Å². The van der Waals surface area contributed by atoms with E-state index >= 15 is 0 Å². The molecule has 0 atom stereocenters. The number of carbonyl (C=O) groups is 1. The molecule has 1 fully saturated rings. The molecule has 24 heavy (non-hydrogen) atoms. The minimum Gasteiger partial charge on any atom is -0.369 e. The standard InChI is InChI=1S/C18H23N5O/c1-13-17(12-19-14(2)20-13)18(24)21-15-4-6-16(7-5-15)23-10-8-22(3)9-11-23/h4-7,12H,8-11H2,1-3H3,(H,21,24). The number of aromatic nitrogens is 2. The third-order valence-electron chi connectivity index (χ3n) is 4.34. The van der Waals surface area contributed by atoms with E-state index < -0.39 is 0 Å². The van der Waals surface area contributed by atoms with Crippen LogP contribution in [-0.4, -0.2) is 54.0 Å². The Morgan fingerprint density at radius 2 is 1.75 bits per heavy atom. The number of aryl methyl sites for hydroxylation is 2. The van der Waals surface area contributed by atoms with E-state index in [1.807, 2.05) is 26.0 Å². The minimum absolute atomic E-state index is 0.181. The highest BCUT2D eigenvalue weighted by Crippen LogP contribution is 2.20. The number of hydrogen-bond acceptors (Lipinski definition) is 5. The molecule has 2 heterocycles. The van der Waals surface area contributed by atoms with Crippen molar-refractivity contribution in [2.45, 2.75) is 13.8 Å². The summed E-state index contributed by atoms with van der Waals surface area (Å²) in [6.45, 7) is 7.84. The van der Waals surface area contributed by atoms with Crippen LogP contribution in [0.3, 0.4) is 0 Å². The summed E-state index contributed by atoms with van der Waals surface area (Å²) in [6.07, 6.45) is 1.58. The van der Waals surface area contributed by atoms with Gasteiger partial charge in [0.25, 0.3) is 5.91 Å². The number of rotatable bonds is 3. The van der Waals surface area contributed by atoms with Crippen molar-refractivity contribution < 1.29 is 4.79 Å². The lowest BCUT2D eigenvalue weighted by Crippen LogP contribution is -2.44. The van der Waals surface area contributed by atoms with Crippen LogP contribution in [0.1, 0.15) is 21.9 Å². The number of benzene rings is 1. The van der Waals surface area contributed by atoms with Crippen LogP contribution >= 0.6 is 0 Å². The maximum atomic E-state index is 12.4. The molecule has 1 aliphatic rings. The first-order chi connectivity index (χ1) is 11.5. The maximum absolute atomic E-state index is 12.4. The van der Waals surface area contributed by atoms with Crippen molar-refractivity contribution in [1.29, 1.82) is 0 Å². The average molecular weight is 325 g/mol. The number of carbonyl (C=O) groups excluding carboxylic acids is 1. The fourth-order valence-electron chi connectivity index (χ4n) is 2.82. The van der Waals surface area contributed by atoms with Crippen LogP contribution in [0.4, 0.5) is 11.4 Å². The predicted molar refractivity (Wildman–Crippen MR) is 95.6 cm³/mol. The van der Waals surface area contributed by atoms with Gasteiger partial charge < -0.3 is 15.1 Å². The molecule has 6 heteroatoms. The Bertz CT molecular complexity index is 721. The molecule has 1 amide bonds. The van der Waals surface area contributed by atoms with Crippen LogP contribution < -0.4 is 10.2 Å². The van der Waals surface area contributed by atoms with Gasteiger partial charge in [0.05, 0.1) is 11.3 Å². The van der Waals surface area contributed by atoms with Gasteiger partial charge in [-0.1, -0.05) is 0 Å². The molecule has 0 bridgehead atoms. The first-order valence-electron chi connectivity index (χ1n) is 8.18. The van der Waals surface area contributed by atoms with Crippen molar-refractivity contribution in [2.75, 3.05) is 43.4 Å². The number of amides is 1. The molecule has 1 N–H and O–H groups in total. The molecule has 0 spiro atoms. The van der Waals surface area contributed by atoms with Crippen molar-refractivity contribution >= 4 is 17.3 Å². The van der Waals surface area contributed by atoms with E-state index in [9.17, 15) is 4.79 Å². The average Bonchev–Trinajstić information content (AvgIpc) is 2.56. The fourth-order valence-corrected chi connectivity index (χ4v) is 2.82. The SMILES string of the molecule is Cc1ncc(C(=O)Nc2ccc(N3CCN(C)CC3)cc2)c(C)n1.